The minimum Gasteiger partial charge on any atom is -0.472 e. The van der Waals surface area contributed by atoms with Gasteiger partial charge < -0.3 is 23.7 Å². The van der Waals surface area contributed by atoms with Crippen molar-refractivity contribution in [3.8, 4) is 0 Å². The number of rotatable bonds is 1. The summed E-state index contributed by atoms with van der Waals surface area (Å²) in [6, 6.07) is 1.79. The highest BCUT2D eigenvalue weighted by molar-refractivity contribution is 5.92. The number of allylic oxidation sites excluding steroid dienone is 1. The minimum atomic E-state index is -1.69. The van der Waals surface area contributed by atoms with Crippen LogP contribution >= 0.6 is 0 Å². The van der Waals surface area contributed by atoms with Crippen molar-refractivity contribution in [2.45, 2.75) is 56.7 Å². The lowest BCUT2D eigenvalue weighted by atomic mass is 9.43. The van der Waals surface area contributed by atoms with Crippen molar-refractivity contribution in [1.82, 2.24) is 0 Å². The predicted molar refractivity (Wildman–Crippen MR) is 88.1 cm³/mol. The Morgan fingerprint density at radius 2 is 2.00 bits per heavy atom. The number of ether oxygens (including phenoxy) is 3. The Hall–Kier alpha value is -2.12. The summed E-state index contributed by atoms with van der Waals surface area (Å²) in [7, 11) is 0. The van der Waals surface area contributed by atoms with Gasteiger partial charge in [-0.25, -0.2) is 9.59 Å². The van der Waals surface area contributed by atoms with Crippen LogP contribution in [0.3, 0.4) is 0 Å². The van der Waals surface area contributed by atoms with Crippen molar-refractivity contribution in [3.05, 3.63) is 35.8 Å². The molecule has 1 N–H and O–H groups in total. The topological polar surface area (TPSA) is 98.5 Å². The molecule has 8 atom stereocenters. The van der Waals surface area contributed by atoms with Gasteiger partial charge in [0, 0.05) is 27.9 Å². The molecule has 7 rings (SSSR count). The van der Waals surface area contributed by atoms with Crippen molar-refractivity contribution >= 4 is 11.9 Å². The molecule has 4 aliphatic heterocycles. The first-order chi connectivity index (χ1) is 12.8. The van der Waals surface area contributed by atoms with E-state index in [-0.39, 0.29) is 18.0 Å². The van der Waals surface area contributed by atoms with Gasteiger partial charge in [-0.3, -0.25) is 0 Å². The van der Waals surface area contributed by atoms with Gasteiger partial charge in [0.2, 0.25) is 0 Å². The molecule has 0 radical (unpaired) electrons. The molecular weight excluding hydrogens is 352 g/mol. The number of furan rings is 1. The maximum absolute atomic E-state index is 12.8. The second-order valence-electron chi connectivity index (χ2n) is 8.95. The number of fused-ring (bicyclic) bond motifs is 2. The van der Waals surface area contributed by atoms with E-state index in [2.05, 4.69) is 0 Å². The molecular formula is C20H20O7. The van der Waals surface area contributed by atoms with Gasteiger partial charge in [-0.1, -0.05) is 19.9 Å². The summed E-state index contributed by atoms with van der Waals surface area (Å²) < 4.78 is 22.2. The molecule has 1 aromatic rings. The van der Waals surface area contributed by atoms with Crippen LogP contribution in [0.1, 0.15) is 38.4 Å². The van der Waals surface area contributed by atoms with Crippen LogP contribution in [0.5, 0.6) is 0 Å². The Kier molecular flexibility index (Phi) is 2.63. The lowest BCUT2D eigenvalue weighted by Crippen LogP contribution is -2.75. The van der Waals surface area contributed by atoms with E-state index in [1.54, 1.807) is 18.6 Å². The number of cyclic esters (lactones) is 1. The normalized spacial score (nSPS) is 52.1. The molecule has 5 heterocycles. The first-order valence-electron chi connectivity index (χ1n) is 9.33. The lowest BCUT2D eigenvalue weighted by Gasteiger charge is -2.63. The molecule has 1 saturated carbocycles. The predicted octanol–water partition coefficient (Wildman–Crippen LogP) is 1.66. The maximum Gasteiger partial charge on any atom is 0.342 e. The summed E-state index contributed by atoms with van der Waals surface area (Å²) in [5, 5.41) is 11.4. The van der Waals surface area contributed by atoms with Crippen LogP contribution in [0, 0.1) is 16.7 Å². The molecule has 0 aromatic carbocycles. The van der Waals surface area contributed by atoms with Crippen LogP contribution in [0.25, 0.3) is 0 Å². The van der Waals surface area contributed by atoms with Gasteiger partial charge >= 0.3 is 11.9 Å². The number of epoxide rings is 1. The van der Waals surface area contributed by atoms with E-state index in [9.17, 15) is 14.7 Å². The number of hydrogen-bond donors (Lipinski definition) is 1. The summed E-state index contributed by atoms with van der Waals surface area (Å²) in [6.45, 7) is 3.94. The van der Waals surface area contributed by atoms with Crippen molar-refractivity contribution in [2.24, 2.45) is 16.7 Å². The smallest absolute Gasteiger partial charge is 0.342 e. The number of carbonyl (C=O) groups excluding carboxylic acids is 2. The van der Waals surface area contributed by atoms with Crippen molar-refractivity contribution < 1.29 is 33.3 Å². The number of aliphatic hydroxyl groups is 1. The molecule has 0 spiro atoms. The number of esters is 2. The average Bonchev–Trinajstić information content (AvgIpc) is 3.24. The maximum atomic E-state index is 12.8. The molecule has 5 fully saturated rings. The van der Waals surface area contributed by atoms with Gasteiger partial charge in [-0.05, 0) is 18.9 Å². The highest BCUT2D eigenvalue weighted by Crippen LogP contribution is 2.70. The Balaban J connectivity index is 1.51. The van der Waals surface area contributed by atoms with Gasteiger partial charge in [-0.15, -0.1) is 0 Å². The van der Waals surface area contributed by atoms with Gasteiger partial charge in [0.1, 0.15) is 24.4 Å². The summed E-state index contributed by atoms with van der Waals surface area (Å²) in [4.78, 5) is 25.4. The molecule has 7 heteroatoms. The third-order valence-corrected chi connectivity index (χ3v) is 7.73. The quantitative estimate of drug-likeness (QED) is 0.591. The fourth-order valence-corrected chi connectivity index (χ4v) is 6.40. The zero-order valence-electron chi connectivity index (χ0n) is 15.0. The average molecular weight is 372 g/mol. The van der Waals surface area contributed by atoms with E-state index < -0.39 is 40.7 Å². The standard InChI is InChI=1S/C20H20O7/c1-18-7-11(9-4-6-24-8-9)25-16(21)10(18)3-5-19(2)14(18)12-13-15(26-13)20(19,23)17(22)27-12/h3-4,6,8,11-15,23H,5,7H2,1-2H3/t11-,12+,13+,14+,15+,18-,19-,20-/m1/s1. The zero-order chi connectivity index (χ0) is 18.8. The highest BCUT2D eigenvalue weighted by atomic mass is 16.7. The fourth-order valence-electron chi connectivity index (χ4n) is 6.40. The van der Waals surface area contributed by atoms with Crippen LogP contribution in [-0.2, 0) is 23.8 Å². The summed E-state index contributed by atoms with van der Waals surface area (Å²) in [5.74, 6) is -1.20. The van der Waals surface area contributed by atoms with E-state index in [1.165, 1.54) is 0 Å². The van der Waals surface area contributed by atoms with E-state index in [0.29, 0.717) is 18.4 Å². The lowest BCUT2D eigenvalue weighted by molar-refractivity contribution is -0.258. The SMILES string of the molecule is C[C@@]12C[C@H](c3ccoc3)OC(=O)C1=CC[C@]1(C)[C@H]2[C@H]2OC(=O)[C@]1(O)[C@H]1O[C@@H]21. The molecule has 0 amide bonds. The van der Waals surface area contributed by atoms with Crippen molar-refractivity contribution in [2.75, 3.05) is 0 Å². The van der Waals surface area contributed by atoms with E-state index in [4.69, 9.17) is 18.6 Å². The van der Waals surface area contributed by atoms with Gasteiger partial charge in [0.15, 0.2) is 5.60 Å². The molecule has 1 aromatic heterocycles. The van der Waals surface area contributed by atoms with Crippen LogP contribution in [-0.4, -0.2) is 41.0 Å². The summed E-state index contributed by atoms with van der Waals surface area (Å²) in [5.41, 5.74) is -1.65. The Morgan fingerprint density at radius 3 is 2.74 bits per heavy atom. The van der Waals surface area contributed by atoms with Crippen molar-refractivity contribution in [3.63, 3.8) is 0 Å². The largest absolute Gasteiger partial charge is 0.472 e. The Morgan fingerprint density at radius 1 is 1.19 bits per heavy atom. The van der Waals surface area contributed by atoms with Crippen LogP contribution < -0.4 is 0 Å². The van der Waals surface area contributed by atoms with Gasteiger partial charge in [-0.2, -0.15) is 0 Å². The van der Waals surface area contributed by atoms with E-state index in [0.717, 1.165) is 5.56 Å². The first kappa shape index (κ1) is 15.9. The van der Waals surface area contributed by atoms with Crippen LogP contribution in [0.4, 0.5) is 0 Å². The number of carbonyl (C=O) groups is 2. The fraction of sp³-hybridized carbons (Fsp3) is 0.600. The molecule has 142 valence electrons. The van der Waals surface area contributed by atoms with Gasteiger partial charge in [0.05, 0.1) is 12.5 Å². The van der Waals surface area contributed by atoms with Crippen molar-refractivity contribution in [1.29, 1.82) is 0 Å². The zero-order valence-corrected chi connectivity index (χ0v) is 15.0. The summed E-state index contributed by atoms with van der Waals surface area (Å²) >= 11 is 0. The van der Waals surface area contributed by atoms with E-state index in [1.807, 2.05) is 19.9 Å². The minimum absolute atomic E-state index is 0.237. The Bertz CT molecular complexity index is 903. The molecule has 27 heavy (non-hydrogen) atoms. The third kappa shape index (κ3) is 1.59. The van der Waals surface area contributed by atoms with Gasteiger partial charge in [0.25, 0.3) is 0 Å². The first-order valence-corrected chi connectivity index (χ1v) is 9.33. The van der Waals surface area contributed by atoms with Crippen LogP contribution in [0.2, 0.25) is 0 Å². The Labute approximate surface area is 155 Å². The summed E-state index contributed by atoms with van der Waals surface area (Å²) in [6.07, 6.45) is 4.20. The second kappa shape index (κ2) is 4.47. The third-order valence-electron chi connectivity index (χ3n) is 7.73. The molecule has 6 aliphatic rings. The second-order valence-corrected chi connectivity index (χ2v) is 8.95. The molecule has 7 nitrogen and oxygen atoms in total. The number of hydrogen-bond acceptors (Lipinski definition) is 7. The highest BCUT2D eigenvalue weighted by Gasteiger charge is 2.83. The monoisotopic (exact) mass is 372 g/mol. The molecule has 2 bridgehead atoms. The van der Waals surface area contributed by atoms with Crippen LogP contribution in [0.15, 0.2) is 34.7 Å². The molecule has 0 unspecified atom stereocenters. The molecule has 4 saturated heterocycles. The molecule has 2 aliphatic carbocycles. The van der Waals surface area contributed by atoms with E-state index >= 15 is 0 Å².